The van der Waals surface area contributed by atoms with E-state index in [0.717, 1.165) is 18.4 Å². The minimum atomic E-state index is -0.844. The van der Waals surface area contributed by atoms with E-state index in [2.05, 4.69) is 11.4 Å². The Morgan fingerprint density at radius 1 is 1.10 bits per heavy atom. The molecule has 0 aliphatic heterocycles. The van der Waals surface area contributed by atoms with Crippen molar-refractivity contribution in [2.75, 3.05) is 6.61 Å². The minimum Gasteiger partial charge on any atom is -0.452 e. The van der Waals surface area contributed by atoms with Crippen molar-refractivity contribution in [2.24, 2.45) is 0 Å². The third-order valence-electron chi connectivity index (χ3n) is 5.77. The van der Waals surface area contributed by atoms with Gasteiger partial charge in [0.05, 0.1) is 22.8 Å². The molecule has 2 aromatic carbocycles. The van der Waals surface area contributed by atoms with Gasteiger partial charge in [-0.25, -0.2) is 9.78 Å². The summed E-state index contributed by atoms with van der Waals surface area (Å²) in [7, 11) is 0. The van der Waals surface area contributed by atoms with Crippen LogP contribution in [0.15, 0.2) is 54.6 Å². The molecule has 1 fully saturated rings. The summed E-state index contributed by atoms with van der Waals surface area (Å²) >= 11 is 0. The van der Waals surface area contributed by atoms with Crippen LogP contribution in [0.1, 0.15) is 41.6 Å². The quantitative estimate of drug-likeness (QED) is 0.629. The number of nitrogens with one attached hydrogen (secondary N) is 1. The summed E-state index contributed by atoms with van der Waals surface area (Å²) < 4.78 is 5.38. The van der Waals surface area contributed by atoms with Gasteiger partial charge in [-0.2, -0.15) is 5.26 Å². The van der Waals surface area contributed by atoms with E-state index in [4.69, 9.17) is 9.72 Å². The van der Waals surface area contributed by atoms with Gasteiger partial charge in [0.25, 0.3) is 5.91 Å². The number of nitrogens with zero attached hydrogens (tertiary/aromatic N) is 2. The lowest BCUT2D eigenvalue weighted by Gasteiger charge is -2.22. The Morgan fingerprint density at radius 2 is 1.77 bits per heavy atom. The van der Waals surface area contributed by atoms with E-state index in [1.54, 1.807) is 0 Å². The first-order valence-corrected chi connectivity index (χ1v) is 10.4. The second kappa shape index (κ2) is 8.57. The fraction of sp³-hybridized carbons (Fsp3) is 0.280. The van der Waals surface area contributed by atoms with Crippen LogP contribution < -0.4 is 5.32 Å². The first-order chi connectivity index (χ1) is 15.0. The predicted molar refractivity (Wildman–Crippen MR) is 117 cm³/mol. The molecule has 1 amide bonds. The number of ether oxygens (including phenoxy) is 1. The van der Waals surface area contributed by atoms with Crippen LogP contribution in [0.2, 0.25) is 0 Å². The number of nitriles is 1. The summed E-state index contributed by atoms with van der Waals surface area (Å²) in [6.45, 7) is 1.40. The largest absolute Gasteiger partial charge is 0.452 e. The van der Waals surface area contributed by atoms with E-state index < -0.39 is 24.0 Å². The monoisotopic (exact) mass is 413 g/mol. The summed E-state index contributed by atoms with van der Waals surface area (Å²) in [6, 6.07) is 19.2. The molecule has 3 aromatic rings. The summed E-state index contributed by atoms with van der Waals surface area (Å²) in [5.74, 6) is -1.04. The molecule has 1 aliphatic carbocycles. The highest BCUT2D eigenvalue weighted by molar-refractivity contribution is 6.06. The number of rotatable bonds is 5. The Balaban J connectivity index is 1.61. The zero-order valence-electron chi connectivity index (χ0n) is 17.4. The van der Waals surface area contributed by atoms with Gasteiger partial charge < -0.3 is 10.1 Å². The number of pyridine rings is 1. The van der Waals surface area contributed by atoms with E-state index in [1.165, 1.54) is 0 Å². The smallest absolute Gasteiger partial charge is 0.339 e. The lowest BCUT2D eigenvalue weighted by molar-refractivity contribution is -0.125. The van der Waals surface area contributed by atoms with Crippen molar-refractivity contribution in [1.82, 2.24) is 10.3 Å². The fourth-order valence-electron chi connectivity index (χ4n) is 4.20. The maximum atomic E-state index is 13.1. The van der Waals surface area contributed by atoms with Crippen LogP contribution in [0, 0.1) is 18.3 Å². The SMILES string of the molecule is Cc1c(-c2ccccc2)nc2ccccc2c1C(=O)OCC(=O)NC1(C#N)CCCC1. The van der Waals surface area contributed by atoms with Crippen molar-refractivity contribution in [3.63, 3.8) is 0 Å². The zero-order valence-corrected chi connectivity index (χ0v) is 17.4. The number of para-hydroxylation sites is 1. The Kier molecular flexibility index (Phi) is 5.68. The molecule has 0 unspecified atom stereocenters. The molecule has 0 atom stereocenters. The molecular formula is C25H23N3O3. The van der Waals surface area contributed by atoms with E-state index in [0.29, 0.717) is 40.6 Å². The minimum absolute atomic E-state index is 0.396. The lowest BCUT2D eigenvalue weighted by Crippen LogP contribution is -2.46. The van der Waals surface area contributed by atoms with Crippen molar-refractivity contribution in [3.8, 4) is 17.3 Å². The number of amides is 1. The predicted octanol–water partition coefficient (Wildman–Crippen LogP) is 4.32. The summed E-state index contributed by atoms with van der Waals surface area (Å²) in [4.78, 5) is 30.2. The number of carbonyl (C=O) groups is 2. The molecule has 0 saturated heterocycles. The number of benzene rings is 2. The van der Waals surface area contributed by atoms with E-state index in [9.17, 15) is 14.9 Å². The van der Waals surface area contributed by atoms with Crippen LogP contribution in [0.3, 0.4) is 0 Å². The van der Waals surface area contributed by atoms with E-state index >= 15 is 0 Å². The molecule has 0 radical (unpaired) electrons. The first-order valence-electron chi connectivity index (χ1n) is 10.4. The van der Waals surface area contributed by atoms with Crippen LogP contribution in [-0.4, -0.2) is 29.0 Å². The Bertz CT molecular complexity index is 1180. The molecule has 0 spiro atoms. The highest BCUT2D eigenvalue weighted by Crippen LogP contribution is 2.31. The number of aromatic nitrogens is 1. The van der Waals surface area contributed by atoms with Crippen LogP contribution in [0.25, 0.3) is 22.2 Å². The number of esters is 1. The molecule has 1 saturated carbocycles. The summed E-state index contributed by atoms with van der Waals surface area (Å²) in [6.07, 6.45) is 3.05. The first kappa shape index (κ1) is 20.5. The molecule has 1 aliphatic rings. The fourth-order valence-corrected chi connectivity index (χ4v) is 4.20. The highest BCUT2D eigenvalue weighted by atomic mass is 16.5. The van der Waals surface area contributed by atoms with Crippen molar-refractivity contribution in [1.29, 1.82) is 5.26 Å². The van der Waals surface area contributed by atoms with Gasteiger partial charge in [0.2, 0.25) is 0 Å². The molecule has 1 aromatic heterocycles. The van der Waals surface area contributed by atoms with E-state index in [1.807, 2.05) is 61.5 Å². The molecule has 1 heterocycles. The standard InChI is InChI=1S/C25H23N3O3/c1-17-22(24(30)31-15-21(29)28-25(16-26)13-7-8-14-25)19-11-5-6-12-20(19)27-23(17)18-9-3-2-4-10-18/h2-6,9-12H,7-8,13-15H2,1H3,(H,28,29). The highest BCUT2D eigenvalue weighted by Gasteiger charge is 2.35. The second-order valence-corrected chi connectivity index (χ2v) is 7.87. The average Bonchev–Trinajstić information content (AvgIpc) is 3.26. The van der Waals surface area contributed by atoms with Gasteiger partial charge in [0, 0.05) is 10.9 Å². The molecule has 1 N–H and O–H groups in total. The maximum Gasteiger partial charge on any atom is 0.339 e. The summed E-state index contributed by atoms with van der Waals surface area (Å²) in [5, 5.41) is 12.9. The van der Waals surface area contributed by atoms with Gasteiger partial charge in [-0.15, -0.1) is 0 Å². The number of fused-ring (bicyclic) bond motifs is 1. The van der Waals surface area contributed by atoms with Crippen LogP contribution in [0.4, 0.5) is 0 Å². The van der Waals surface area contributed by atoms with Crippen molar-refractivity contribution in [2.45, 2.75) is 38.1 Å². The number of hydrogen-bond acceptors (Lipinski definition) is 5. The van der Waals surface area contributed by atoms with Crippen LogP contribution in [0.5, 0.6) is 0 Å². The van der Waals surface area contributed by atoms with Crippen molar-refractivity contribution < 1.29 is 14.3 Å². The number of carbonyl (C=O) groups excluding carboxylic acids is 2. The van der Waals surface area contributed by atoms with Gasteiger partial charge >= 0.3 is 5.97 Å². The molecule has 0 bridgehead atoms. The Labute approximate surface area is 180 Å². The molecule has 31 heavy (non-hydrogen) atoms. The molecule has 156 valence electrons. The molecule has 6 nitrogen and oxygen atoms in total. The average molecular weight is 413 g/mol. The third-order valence-corrected chi connectivity index (χ3v) is 5.77. The lowest BCUT2D eigenvalue weighted by atomic mass is 9.98. The third kappa shape index (κ3) is 4.13. The van der Waals surface area contributed by atoms with Gasteiger partial charge in [0.15, 0.2) is 6.61 Å². The van der Waals surface area contributed by atoms with Crippen LogP contribution >= 0.6 is 0 Å². The molecule has 4 rings (SSSR count). The van der Waals surface area contributed by atoms with Gasteiger partial charge in [-0.1, -0.05) is 48.5 Å². The van der Waals surface area contributed by atoms with Crippen molar-refractivity contribution >= 4 is 22.8 Å². The maximum absolute atomic E-state index is 13.1. The zero-order chi connectivity index (χ0) is 21.8. The van der Waals surface area contributed by atoms with E-state index in [-0.39, 0.29) is 0 Å². The Morgan fingerprint density at radius 3 is 2.48 bits per heavy atom. The van der Waals surface area contributed by atoms with Crippen molar-refractivity contribution in [3.05, 3.63) is 65.7 Å². The Hall–Kier alpha value is -3.72. The number of hydrogen-bond donors (Lipinski definition) is 1. The second-order valence-electron chi connectivity index (χ2n) is 7.87. The summed E-state index contributed by atoms with van der Waals surface area (Å²) in [5.41, 5.74) is 2.52. The van der Waals surface area contributed by atoms with Gasteiger partial charge in [-0.3, -0.25) is 4.79 Å². The normalized spacial score (nSPS) is 14.7. The molecule has 6 heteroatoms. The van der Waals surface area contributed by atoms with Crippen LogP contribution in [-0.2, 0) is 9.53 Å². The molecular weight excluding hydrogens is 390 g/mol. The van der Waals surface area contributed by atoms with Gasteiger partial charge in [0.1, 0.15) is 5.54 Å². The topological polar surface area (TPSA) is 92.1 Å². The van der Waals surface area contributed by atoms with Gasteiger partial charge in [-0.05, 0) is 44.2 Å².